The summed E-state index contributed by atoms with van der Waals surface area (Å²) in [7, 11) is 0. The maximum atomic E-state index is 4.15. The van der Waals surface area contributed by atoms with E-state index in [0.717, 1.165) is 23.9 Å². The highest BCUT2D eigenvalue weighted by Crippen LogP contribution is 2.35. The van der Waals surface area contributed by atoms with Crippen molar-refractivity contribution in [2.75, 3.05) is 0 Å². The minimum absolute atomic E-state index is 0.825. The first-order valence-electron chi connectivity index (χ1n) is 13.2. The fourth-order valence-electron chi connectivity index (χ4n) is 6.44. The van der Waals surface area contributed by atoms with Gasteiger partial charge in [-0.3, -0.25) is 0 Å². The number of hydrogen-bond donors (Lipinski definition) is 1. The van der Waals surface area contributed by atoms with Crippen molar-refractivity contribution in [3.8, 4) is 0 Å². The zero-order chi connectivity index (χ0) is 18.6. The normalized spacial score (nSPS) is 32.0. The molecule has 1 nitrogen and oxygen atoms in total. The van der Waals surface area contributed by atoms with Gasteiger partial charge in [-0.05, 0) is 37.5 Å². The monoisotopic (exact) mass is 375 g/mol. The van der Waals surface area contributed by atoms with Crippen LogP contribution in [0.3, 0.4) is 0 Å². The summed E-state index contributed by atoms with van der Waals surface area (Å²) in [6.07, 6.45) is 32.9. The SMILES string of the molecule is C1CCCC(NC2CCCCCC(C3CCCCCCC3)CCC2)CCC1. The highest BCUT2D eigenvalue weighted by Gasteiger charge is 2.24. The molecule has 3 fully saturated rings. The van der Waals surface area contributed by atoms with Crippen molar-refractivity contribution in [2.24, 2.45) is 11.8 Å². The van der Waals surface area contributed by atoms with Gasteiger partial charge in [0, 0.05) is 12.1 Å². The van der Waals surface area contributed by atoms with Crippen molar-refractivity contribution in [1.82, 2.24) is 5.32 Å². The first-order chi connectivity index (χ1) is 13.4. The smallest absolute Gasteiger partial charge is 0.00696 e. The first kappa shape index (κ1) is 21.7. The zero-order valence-electron chi connectivity index (χ0n) is 18.4. The first-order valence-corrected chi connectivity index (χ1v) is 13.2. The molecule has 2 unspecified atom stereocenters. The van der Waals surface area contributed by atoms with Crippen LogP contribution in [0.5, 0.6) is 0 Å². The van der Waals surface area contributed by atoms with E-state index in [0.29, 0.717) is 0 Å². The van der Waals surface area contributed by atoms with Gasteiger partial charge in [-0.2, -0.15) is 0 Å². The van der Waals surface area contributed by atoms with E-state index in [1.54, 1.807) is 19.3 Å². The topological polar surface area (TPSA) is 12.0 Å². The van der Waals surface area contributed by atoms with E-state index < -0.39 is 0 Å². The van der Waals surface area contributed by atoms with E-state index in [-0.39, 0.29) is 0 Å². The van der Waals surface area contributed by atoms with E-state index in [9.17, 15) is 0 Å². The van der Waals surface area contributed by atoms with Gasteiger partial charge in [-0.25, -0.2) is 0 Å². The fraction of sp³-hybridized carbons (Fsp3) is 1.00. The molecule has 158 valence electrons. The predicted octanol–water partition coefficient (Wildman–Crippen LogP) is 8.17. The lowest BCUT2D eigenvalue weighted by molar-refractivity contribution is 0.217. The van der Waals surface area contributed by atoms with E-state index >= 15 is 0 Å². The van der Waals surface area contributed by atoms with E-state index in [1.165, 1.54) is 122 Å². The second kappa shape index (κ2) is 13.2. The molecule has 0 spiro atoms. The average molecular weight is 376 g/mol. The van der Waals surface area contributed by atoms with Gasteiger partial charge >= 0.3 is 0 Å². The molecule has 0 saturated heterocycles. The van der Waals surface area contributed by atoms with Gasteiger partial charge in [0.1, 0.15) is 0 Å². The Morgan fingerprint density at radius 1 is 0.296 bits per heavy atom. The van der Waals surface area contributed by atoms with Crippen LogP contribution >= 0.6 is 0 Å². The maximum absolute atomic E-state index is 4.15. The van der Waals surface area contributed by atoms with Gasteiger partial charge in [-0.15, -0.1) is 0 Å². The van der Waals surface area contributed by atoms with Crippen LogP contribution in [0.1, 0.15) is 141 Å². The van der Waals surface area contributed by atoms with Crippen LogP contribution in [0.25, 0.3) is 0 Å². The molecule has 0 amide bonds. The molecule has 1 heteroatoms. The lowest BCUT2D eigenvalue weighted by Gasteiger charge is -2.32. The Balaban J connectivity index is 1.46. The van der Waals surface area contributed by atoms with Crippen molar-refractivity contribution in [1.29, 1.82) is 0 Å². The predicted molar refractivity (Wildman–Crippen MR) is 119 cm³/mol. The molecule has 0 bridgehead atoms. The Hall–Kier alpha value is -0.0400. The van der Waals surface area contributed by atoms with Crippen LogP contribution < -0.4 is 5.32 Å². The van der Waals surface area contributed by atoms with Crippen LogP contribution in [-0.2, 0) is 0 Å². The molecule has 0 heterocycles. The van der Waals surface area contributed by atoms with Gasteiger partial charge in [-0.1, -0.05) is 116 Å². The largest absolute Gasteiger partial charge is 0.311 e. The summed E-state index contributed by atoms with van der Waals surface area (Å²) in [5.41, 5.74) is 0. The summed E-state index contributed by atoms with van der Waals surface area (Å²) in [6, 6.07) is 1.66. The summed E-state index contributed by atoms with van der Waals surface area (Å²) in [4.78, 5) is 0. The summed E-state index contributed by atoms with van der Waals surface area (Å²) in [5.74, 6) is 2.13. The third-order valence-electron chi connectivity index (χ3n) is 8.15. The van der Waals surface area contributed by atoms with Crippen molar-refractivity contribution < 1.29 is 0 Å². The highest BCUT2D eigenvalue weighted by atomic mass is 14.9. The number of hydrogen-bond acceptors (Lipinski definition) is 1. The summed E-state index contributed by atoms with van der Waals surface area (Å²) in [5, 5.41) is 4.15. The molecule has 2 atom stereocenters. The van der Waals surface area contributed by atoms with Crippen molar-refractivity contribution in [3.63, 3.8) is 0 Å². The van der Waals surface area contributed by atoms with Gasteiger partial charge in [0.15, 0.2) is 0 Å². The third-order valence-corrected chi connectivity index (χ3v) is 8.15. The zero-order valence-corrected chi connectivity index (χ0v) is 18.4. The molecule has 0 aromatic carbocycles. The minimum atomic E-state index is 0.825. The second-order valence-corrected chi connectivity index (χ2v) is 10.3. The van der Waals surface area contributed by atoms with Crippen LogP contribution in [0.4, 0.5) is 0 Å². The molecule has 27 heavy (non-hydrogen) atoms. The molecule has 3 saturated carbocycles. The van der Waals surface area contributed by atoms with Crippen molar-refractivity contribution >= 4 is 0 Å². The second-order valence-electron chi connectivity index (χ2n) is 10.3. The standard InChI is InChI=1S/C26H49N/c1-3-8-15-23(16-9-4-1)24-17-10-7-13-21-26(22-14-18-24)27-25-19-11-5-2-6-12-20-25/h23-27H,1-22H2. The Kier molecular flexibility index (Phi) is 10.6. The quantitative estimate of drug-likeness (QED) is 0.524. The molecule has 3 aliphatic rings. The van der Waals surface area contributed by atoms with Gasteiger partial charge in [0.25, 0.3) is 0 Å². The van der Waals surface area contributed by atoms with Crippen molar-refractivity contribution in [2.45, 2.75) is 153 Å². The third kappa shape index (κ3) is 8.46. The average Bonchev–Trinajstić information content (AvgIpc) is 2.62. The molecular weight excluding hydrogens is 326 g/mol. The maximum Gasteiger partial charge on any atom is 0.00696 e. The molecule has 1 N–H and O–H groups in total. The molecule has 0 radical (unpaired) electrons. The highest BCUT2D eigenvalue weighted by molar-refractivity contribution is 4.79. The molecule has 0 aliphatic heterocycles. The summed E-state index contributed by atoms with van der Waals surface area (Å²) < 4.78 is 0. The lowest BCUT2D eigenvalue weighted by atomic mass is 9.76. The van der Waals surface area contributed by atoms with E-state index in [4.69, 9.17) is 0 Å². The van der Waals surface area contributed by atoms with E-state index in [1.807, 2.05) is 0 Å². The Bertz CT molecular complexity index is 349. The number of nitrogens with one attached hydrogen (secondary N) is 1. The molecule has 0 aromatic heterocycles. The van der Waals surface area contributed by atoms with Crippen LogP contribution in [0.15, 0.2) is 0 Å². The van der Waals surface area contributed by atoms with Crippen LogP contribution in [0, 0.1) is 11.8 Å². The summed E-state index contributed by atoms with van der Waals surface area (Å²) >= 11 is 0. The van der Waals surface area contributed by atoms with E-state index in [2.05, 4.69) is 5.32 Å². The Labute approximate surface area is 170 Å². The van der Waals surface area contributed by atoms with Crippen LogP contribution in [-0.4, -0.2) is 12.1 Å². The van der Waals surface area contributed by atoms with Gasteiger partial charge < -0.3 is 5.32 Å². The fourth-order valence-corrected chi connectivity index (χ4v) is 6.44. The summed E-state index contributed by atoms with van der Waals surface area (Å²) in [6.45, 7) is 0. The number of rotatable bonds is 3. The van der Waals surface area contributed by atoms with Gasteiger partial charge in [0.05, 0.1) is 0 Å². The van der Waals surface area contributed by atoms with Gasteiger partial charge in [0.2, 0.25) is 0 Å². The molecular formula is C26H49N. The molecule has 3 rings (SSSR count). The Morgan fingerprint density at radius 3 is 1.07 bits per heavy atom. The molecule has 0 aromatic rings. The van der Waals surface area contributed by atoms with Crippen molar-refractivity contribution in [3.05, 3.63) is 0 Å². The molecule has 3 aliphatic carbocycles. The minimum Gasteiger partial charge on any atom is -0.311 e. The van der Waals surface area contributed by atoms with Crippen LogP contribution in [0.2, 0.25) is 0 Å². The Morgan fingerprint density at radius 2 is 0.593 bits per heavy atom. The lowest BCUT2D eigenvalue weighted by Crippen LogP contribution is -2.39.